The number of unbranched alkanes of at least 4 members (excludes halogenated alkanes) is 1. The third kappa shape index (κ3) is 4.90. The molecular weight excluding hydrogens is 288 g/mol. The van der Waals surface area contributed by atoms with Crippen molar-refractivity contribution in [3.63, 3.8) is 0 Å². The second kappa shape index (κ2) is 8.25. The molecule has 1 saturated heterocycles. The summed E-state index contributed by atoms with van der Waals surface area (Å²) < 4.78 is 5.35. The Kier molecular flexibility index (Phi) is 6.33. The number of halogens is 1. The Bertz CT molecular complexity index is 459. The smallest absolute Gasteiger partial charge is 0.410 e. The molecule has 1 aromatic carbocycles. The second-order valence-corrected chi connectivity index (χ2v) is 5.74. The highest BCUT2D eigenvalue weighted by Crippen LogP contribution is 2.16. The number of nitrogens with zero attached hydrogens (tertiary/aromatic N) is 2. The number of benzene rings is 1. The summed E-state index contributed by atoms with van der Waals surface area (Å²) in [6.07, 6.45) is 2.18. The van der Waals surface area contributed by atoms with Crippen LogP contribution in [0.1, 0.15) is 25.3 Å². The first kappa shape index (κ1) is 16.1. The number of hydrogen-bond acceptors (Lipinski definition) is 3. The maximum atomic E-state index is 12.0. The Morgan fingerprint density at radius 1 is 1.24 bits per heavy atom. The average Bonchev–Trinajstić information content (AvgIpc) is 2.52. The van der Waals surface area contributed by atoms with Crippen molar-refractivity contribution >= 4 is 17.7 Å². The second-order valence-electron chi connectivity index (χ2n) is 5.33. The lowest BCUT2D eigenvalue weighted by atomic mass is 10.2. The van der Waals surface area contributed by atoms with Gasteiger partial charge in [0.15, 0.2) is 0 Å². The molecule has 1 heterocycles. The fourth-order valence-electron chi connectivity index (χ4n) is 2.38. The van der Waals surface area contributed by atoms with Gasteiger partial charge in [0, 0.05) is 36.8 Å². The van der Waals surface area contributed by atoms with Crippen LogP contribution in [0.4, 0.5) is 4.79 Å². The van der Waals surface area contributed by atoms with Gasteiger partial charge in [-0.15, -0.1) is 0 Å². The Labute approximate surface area is 131 Å². The van der Waals surface area contributed by atoms with Gasteiger partial charge in [0.25, 0.3) is 0 Å². The van der Waals surface area contributed by atoms with Crippen molar-refractivity contribution in [2.45, 2.75) is 26.4 Å². The normalized spacial score (nSPS) is 16.0. The standard InChI is InChI=1S/C16H23ClN2O2/c1-2-3-8-18-9-11-19(12-10-18)16(20)21-13-14-6-4-5-7-15(14)17/h4-7H,2-3,8-13H2,1H3. The van der Waals surface area contributed by atoms with E-state index in [9.17, 15) is 4.79 Å². The molecule has 2 rings (SSSR count). The van der Waals surface area contributed by atoms with Crippen LogP contribution in [-0.4, -0.2) is 48.6 Å². The number of rotatable bonds is 5. The van der Waals surface area contributed by atoms with Gasteiger partial charge in [0.2, 0.25) is 0 Å². The minimum absolute atomic E-state index is 0.231. The number of hydrogen-bond donors (Lipinski definition) is 0. The molecule has 0 saturated carbocycles. The quantitative estimate of drug-likeness (QED) is 0.835. The van der Waals surface area contributed by atoms with E-state index in [2.05, 4.69) is 11.8 Å². The van der Waals surface area contributed by atoms with Crippen LogP contribution in [0.2, 0.25) is 5.02 Å². The highest BCUT2D eigenvalue weighted by atomic mass is 35.5. The van der Waals surface area contributed by atoms with E-state index in [-0.39, 0.29) is 12.7 Å². The molecule has 5 heteroatoms. The van der Waals surface area contributed by atoms with E-state index in [0.717, 1.165) is 38.3 Å². The van der Waals surface area contributed by atoms with Crippen LogP contribution < -0.4 is 0 Å². The highest BCUT2D eigenvalue weighted by Gasteiger charge is 2.21. The van der Waals surface area contributed by atoms with E-state index in [4.69, 9.17) is 16.3 Å². The van der Waals surface area contributed by atoms with Crippen LogP contribution in [0.15, 0.2) is 24.3 Å². The van der Waals surface area contributed by atoms with Crippen molar-refractivity contribution in [1.29, 1.82) is 0 Å². The van der Waals surface area contributed by atoms with Crippen LogP contribution in [0.25, 0.3) is 0 Å². The average molecular weight is 311 g/mol. The van der Waals surface area contributed by atoms with E-state index < -0.39 is 0 Å². The van der Waals surface area contributed by atoms with Crippen LogP contribution >= 0.6 is 11.6 Å². The molecule has 1 aliphatic rings. The summed E-state index contributed by atoms with van der Waals surface area (Å²) in [5.74, 6) is 0. The molecule has 0 aliphatic carbocycles. The van der Waals surface area contributed by atoms with Gasteiger partial charge in [-0.3, -0.25) is 4.90 Å². The van der Waals surface area contributed by atoms with Crippen LogP contribution in [0.3, 0.4) is 0 Å². The molecule has 1 aliphatic heterocycles. The summed E-state index contributed by atoms with van der Waals surface area (Å²) >= 11 is 6.05. The zero-order chi connectivity index (χ0) is 15.1. The van der Waals surface area contributed by atoms with Gasteiger partial charge in [-0.2, -0.15) is 0 Å². The van der Waals surface area contributed by atoms with Crippen molar-refractivity contribution < 1.29 is 9.53 Å². The van der Waals surface area contributed by atoms with Crippen molar-refractivity contribution in [2.24, 2.45) is 0 Å². The Morgan fingerprint density at radius 3 is 2.62 bits per heavy atom. The number of amides is 1. The maximum Gasteiger partial charge on any atom is 0.410 e. The van der Waals surface area contributed by atoms with Gasteiger partial charge in [0.1, 0.15) is 6.61 Å². The van der Waals surface area contributed by atoms with Crippen molar-refractivity contribution in [1.82, 2.24) is 9.80 Å². The number of carbonyl (C=O) groups excluding carboxylic acids is 1. The van der Waals surface area contributed by atoms with Crippen molar-refractivity contribution in [3.8, 4) is 0 Å². The first-order chi connectivity index (χ1) is 10.2. The molecule has 21 heavy (non-hydrogen) atoms. The molecule has 0 bridgehead atoms. The predicted octanol–water partition coefficient (Wildman–Crippen LogP) is 3.39. The van der Waals surface area contributed by atoms with E-state index in [1.165, 1.54) is 12.8 Å². The molecule has 116 valence electrons. The fraction of sp³-hybridized carbons (Fsp3) is 0.562. The van der Waals surface area contributed by atoms with Gasteiger partial charge >= 0.3 is 6.09 Å². The molecule has 1 fully saturated rings. The van der Waals surface area contributed by atoms with Crippen molar-refractivity contribution in [2.75, 3.05) is 32.7 Å². The maximum absolute atomic E-state index is 12.0. The van der Waals surface area contributed by atoms with Gasteiger partial charge in [0.05, 0.1) is 0 Å². The number of piperazine rings is 1. The molecule has 0 atom stereocenters. The lowest BCUT2D eigenvalue weighted by molar-refractivity contribution is 0.0714. The minimum atomic E-state index is -0.245. The first-order valence-corrected chi connectivity index (χ1v) is 7.96. The topological polar surface area (TPSA) is 32.8 Å². The molecule has 1 amide bonds. The molecular formula is C16H23ClN2O2. The van der Waals surface area contributed by atoms with E-state index >= 15 is 0 Å². The molecule has 4 nitrogen and oxygen atoms in total. The van der Waals surface area contributed by atoms with E-state index in [0.29, 0.717) is 5.02 Å². The SMILES string of the molecule is CCCCN1CCN(C(=O)OCc2ccccc2Cl)CC1. The van der Waals surface area contributed by atoms with Crippen LogP contribution in [0.5, 0.6) is 0 Å². The van der Waals surface area contributed by atoms with E-state index in [1.54, 1.807) is 11.0 Å². The van der Waals surface area contributed by atoms with Gasteiger partial charge < -0.3 is 9.64 Å². The van der Waals surface area contributed by atoms with Crippen LogP contribution in [-0.2, 0) is 11.3 Å². The summed E-state index contributed by atoms with van der Waals surface area (Å²) in [4.78, 5) is 16.2. The fourth-order valence-corrected chi connectivity index (χ4v) is 2.57. The Hall–Kier alpha value is -1.26. The van der Waals surface area contributed by atoms with Gasteiger partial charge in [-0.25, -0.2) is 4.79 Å². The van der Waals surface area contributed by atoms with Gasteiger partial charge in [-0.1, -0.05) is 43.1 Å². The van der Waals surface area contributed by atoms with E-state index in [1.807, 2.05) is 18.2 Å². The lowest BCUT2D eigenvalue weighted by Gasteiger charge is -2.34. The zero-order valence-corrected chi connectivity index (χ0v) is 13.3. The predicted molar refractivity (Wildman–Crippen MR) is 84.6 cm³/mol. The summed E-state index contributed by atoms with van der Waals surface area (Å²) in [6.45, 7) is 6.90. The molecule has 0 aromatic heterocycles. The summed E-state index contributed by atoms with van der Waals surface area (Å²) in [5, 5.41) is 0.634. The summed E-state index contributed by atoms with van der Waals surface area (Å²) in [7, 11) is 0. The first-order valence-electron chi connectivity index (χ1n) is 7.58. The molecule has 0 N–H and O–H groups in total. The summed E-state index contributed by atoms with van der Waals surface area (Å²) in [6, 6.07) is 7.43. The Balaban J connectivity index is 1.74. The number of ether oxygens (including phenoxy) is 1. The monoisotopic (exact) mass is 310 g/mol. The molecule has 1 aromatic rings. The molecule has 0 spiro atoms. The summed E-state index contributed by atoms with van der Waals surface area (Å²) in [5.41, 5.74) is 0.842. The number of carbonyl (C=O) groups is 1. The lowest BCUT2D eigenvalue weighted by Crippen LogP contribution is -2.48. The van der Waals surface area contributed by atoms with Crippen molar-refractivity contribution in [3.05, 3.63) is 34.9 Å². The van der Waals surface area contributed by atoms with Gasteiger partial charge in [-0.05, 0) is 19.0 Å². The molecule has 0 unspecified atom stereocenters. The molecule has 0 radical (unpaired) electrons. The van der Waals surface area contributed by atoms with Crippen LogP contribution in [0, 0.1) is 0 Å². The minimum Gasteiger partial charge on any atom is -0.444 e. The largest absolute Gasteiger partial charge is 0.444 e. The third-order valence-corrected chi connectivity index (χ3v) is 4.14. The zero-order valence-electron chi connectivity index (χ0n) is 12.6. The highest BCUT2D eigenvalue weighted by molar-refractivity contribution is 6.31. The third-order valence-electron chi connectivity index (χ3n) is 3.77. The Morgan fingerprint density at radius 2 is 1.95 bits per heavy atom.